The minimum atomic E-state index is -4.77. The Balaban J connectivity index is 1.91. The summed E-state index contributed by atoms with van der Waals surface area (Å²) in [5.41, 5.74) is 6.13. The van der Waals surface area contributed by atoms with E-state index in [-0.39, 0.29) is 37.7 Å². The van der Waals surface area contributed by atoms with Crippen LogP contribution in [0.1, 0.15) is 5.56 Å². The Hall–Kier alpha value is -4.00. The molecule has 0 bridgehead atoms. The van der Waals surface area contributed by atoms with Gasteiger partial charge in [-0.15, -0.1) is 10.2 Å². The molecule has 0 saturated carbocycles. The van der Waals surface area contributed by atoms with Gasteiger partial charge in [-0.25, -0.2) is 8.42 Å². The van der Waals surface area contributed by atoms with Crippen molar-refractivity contribution in [2.24, 2.45) is 10.2 Å². The van der Waals surface area contributed by atoms with Crippen LogP contribution >= 0.6 is 15.9 Å². The van der Waals surface area contributed by atoms with Crippen molar-refractivity contribution in [1.82, 2.24) is 0 Å². The molecule has 0 atom stereocenters. The number of carbonyl (C=O) groups excluding carboxylic acids is 1. The van der Waals surface area contributed by atoms with E-state index in [0.717, 1.165) is 24.3 Å². The highest BCUT2D eigenvalue weighted by Gasteiger charge is 2.26. The first-order chi connectivity index (χ1) is 19.9. The van der Waals surface area contributed by atoms with Crippen molar-refractivity contribution in [3.8, 4) is 0 Å². The zero-order chi connectivity index (χ0) is 31.9. The number of azo groups is 1. The lowest BCUT2D eigenvalue weighted by Crippen LogP contribution is -2.11. The van der Waals surface area contributed by atoms with Crippen LogP contribution in [0.25, 0.3) is 10.8 Å². The van der Waals surface area contributed by atoms with Crippen LogP contribution < -0.4 is 11.1 Å². The van der Waals surface area contributed by atoms with Crippen molar-refractivity contribution in [3.05, 3.63) is 83.4 Å². The average molecular weight is 710 g/mol. The molecular weight excluding hydrogens is 688 g/mol. The summed E-state index contributed by atoms with van der Waals surface area (Å²) in [6.45, 7) is 4.83. The number of hydrogen-bond acceptors (Lipinski definition) is 10. The molecule has 4 rings (SSSR count). The number of aryl methyl sites for hydroxylation is 1. The minimum Gasteiger partial charge on any atom is -0.399 e. The molecule has 0 aromatic heterocycles. The number of nitrogen functional groups attached to an aromatic ring is 1. The molecule has 4 aromatic rings. The van der Waals surface area contributed by atoms with E-state index in [0.29, 0.717) is 10.8 Å². The second kappa shape index (κ2) is 11.6. The van der Waals surface area contributed by atoms with Gasteiger partial charge < -0.3 is 11.1 Å². The molecule has 17 heteroatoms. The third kappa shape index (κ3) is 6.98. The highest BCUT2D eigenvalue weighted by Crippen LogP contribution is 2.37. The van der Waals surface area contributed by atoms with Crippen LogP contribution in [0.15, 0.2) is 108 Å². The molecule has 4 aromatic carbocycles. The summed E-state index contributed by atoms with van der Waals surface area (Å²) in [7, 11) is -13.8. The van der Waals surface area contributed by atoms with Crippen LogP contribution in [0.5, 0.6) is 0 Å². The summed E-state index contributed by atoms with van der Waals surface area (Å²) in [6.07, 6.45) is 0. The number of fused-ring (bicyclic) bond motifs is 1. The molecule has 5 N–H and O–H groups in total. The predicted octanol–water partition coefficient (Wildman–Crippen LogP) is 5.32. The molecule has 0 fully saturated rings. The number of nitrogens with zero attached hydrogens (tertiary/aromatic N) is 2. The van der Waals surface area contributed by atoms with Crippen LogP contribution in [-0.4, -0.2) is 40.3 Å². The fourth-order valence-corrected chi connectivity index (χ4v) is 6.82. The Kier molecular flexibility index (Phi) is 8.60. The van der Waals surface area contributed by atoms with E-state index in [9.17, 15) is 39.2 Å². The van der Waals surface area contributed by atoms with Gasteiger partial charge in [-0.3, -0.25) is 13.9 Å². The third-order valence-corrected chi connectivity index (χ3v) is 9.98. The smallest absolute Gasteiger partial charge is 0.294 e. The minimum absolute atomic E-state index is 0.0254. The van der Waals surface area contributed by atoms with E-state index in [1.165, 1.54) is 49.4 Å². The molecule has 0 aliphatic carbocycles. The topological polar surface area (TPSA) is 223 Å². The van der Waals surface area contributed by atoms with Gasteiger partial charge in [0.25, 0.3) is 26.1 Å². The quantitative estimate of drug-likeness (QED) is 0.0798. The maximum atomic E-state index is 13.8. The Morgan fingerprint density at radius 2 is 1.47 bits per heavy atom. The molecule has 0 aliphatic rings. The maximum absolute atomic E-state index is 13.8. The zero-order valence-electron chi connectivity index (χ0n) is 21.9. The Morgan fingerprint density at radius 3 is 2.09 bits per heavy atom. The summed E-state index contributed by atoms with van der Waals surface area (Å²) in [6, 6.07) is 13.3. The molecule has 0 unspecified atom stereocenters. The Bertz CT molecular complexity index is 2200. The van der Waals surface area contributed by atoms with Crippen LogP contribution in [-0.2, 0) is 34.9 Å². The number of halogens is 1. The van der Waals surface area contributed by atoms with Gasteiger partial charge in [0.1, 0.15) is 10.6 Å². The molecule has 0 heterocycles. The van der Waals surface area contributed by atoms with Gasteiger partial charge in [-0.2, -0.15) is 16.8 Å². The number of hydrogen-bond donors (Lipinski definition) is 4. The lowest BCUT2D eigenvalue weighted by Gasteiger charge is -2.12. The zero-order valence-corrected chi connectivity index (χ0v) is 25.9. The fraction of sp³-hybridized carbons (Fsp3) is 0.0385. The normalized spacial score (nSPS) is 12.5. The van der Waals surface area contributed by atoms with Gasteiger partial charge in [0.15, 0.2) is 0 Å². The number of rotatable bonds is 8. The first kappa shape index (κ1) is 31.9. The molecule has 1 amide bonds. The lowest BCUT2D eigenvalue weighted by atomic mass is 10.1. The third-order valence-electron chi connectivity index (χ3n) is 5.99. The number of anilines is 2. The highest BCUT2D eigenvalue weighted by atomic mass is 79.9. The summed E-state index contributed by atoms with van der Waals surface area (Å²) < 4.78 is 93.4. The predicted molar refractivity (Wildman–Crippen MR) is 162 cm³/mol. The van der Waals surface area contributed by atoms with E-state index in [4.69, 9.17) is 5.73 Å². The number of nitrogens with one attached hydrogen (secondary N) is 1. The summed E-state index contributed by atoms with van der Waals surface area (Å²) >= 11 is 2.93. The Morgan fingerprint density at radius 1 is 0.814 bits per heavy atom. The van der Waals surface area contributed by atoms with Gasteiger partial charge >= 0.3 is 0 Å². The van der Waals surface area contributed by atoms with Crippen LogP contribution in [0.3, 0.4) is 0 Å². The molecular formula is C26H21BrN4O9S3. The standard InChI is InChI=1S/C26H21BrN4O9S3/c1-14-3-5-19(13-24(14)43(38,39)40)41(33,34)25-12-18(29-26(32)15(2)27)4-8-22(25)30-31-23-11-17(28)9-16-10-20(42(35,36)37)6-7-21(16)23/h3-13H,2,28H2,1H3,(H,29,32)(H,35,36,37)(H,38,39,40). The second-order valence-electron chi connectivity index (χ2n) is 9.05. The molecule has 13 nitrogen and oxygen atoms in total. The first-order valence-corrected chi connectivity index (χ1v) is 16.9. The lowest BCUT2D eigenvalue weighted by molar-refractivity contribution is -0.112. The number of benzene rings is 4. The van der Waals surface area contributed by atoms with E-state index in [1.807, 2.05) is 0 Å². The van der Waals surface area contributed by atoms with Crippen molar-refractivity contribution in [2.45, 2.75) is 26.5 Å². The molecule has 0 radical (unpaired) electrons. The largest absolute Gasteiger partial charge is 0.399 e. The van der Waals surface area contributed by atoms with Crippen molar-refractivity contribution < 1.29 is 39.2 Å². The Labute approximate surface area is 254 Å². The monoisotopic (exact) mass is 708 g/mol. The highest BCUT2D eigenvalue weighted by molar-refractivity contribution is 9.12. The summed E-state index contributed by atoms with van der Waals surface area (Å²) in [5.74, 6) is -0.669. The molecule has 224 valence electrons. The average Bonchev–Trinajstić information content (AvgIpc) is 2.90. The SMILES string of the molecule is C=C(Br)C(=O)Nc1ccc(N=Nc2cc(N)cc3cc(S(=O)(=O)O)ccc23)c(S(=O)(=O)c2ccc(C)c(S(=O)(=O)O)c2)c1. The van der Waals surface area contributed by atoms with E-state index in [1.54, 1.807) is 0 Å². The number of sulfone groups is 1. The first-order valence-electron chi connectivity index (χ1n) is 11.7. The van der Waals surface area contributed by atoms with Crippen molar-refractivity contribution in [1.29, 1.82) is 0 Å². The van der Waals surface area contributed by atoms with Crippen molar-refractivity contribution in [2.75, 3.05) is 11.1 Å². The van der Waals surface area contributed by atoms with E-state index in [2.05, 4.69) is 38.1 Å². The van der Waals surface area contributed by atoms with Crippen molar-refractivity contribution >= 4 is 85.4 Å². The van der Waals surface area contributed by atoms with Gasteiger partial charge in [-0.05, 0) is 88.4 Å². The van der Waals surface area contributed by atoms with Crippen LogP contribution in [0.4, 0.5) is 22.7 Å². The van der Waals surface area contributed by atoms with E-state index >= 15 is 0 Å². The molecule has 0 saturated heterocycles. The van der Waals surface area contributed by atoms with E-state index < -0.39 is 50.7 Å². The fourth-order valence-electron chi connectivity index (χ4n) is 3.94. The van der Waals surface area contributed by atoms with Gasteiger partial charge in [-0.1, -0.05) is 18.7 Å². The van der Waals surface area contributed by atoms with Gasteiger partial charge in [0, 0.05) is 16.8 Å². The number of carbonyl (C=O) groups is 1. The van der Waals surface area contributed by atoms with Gasteiger partial charge in [0.05, 0.1) is 24.9 Å². The van der Waals surface area contributed by atoms with Crippen LogP contribution in [0, 0.1) is 6.92 Å². The summed E-state index contributed by atoms with van der Waals surface area (Å²) in [4.78, 5) is 10.2. The van der Waals surface area contributed by atoms with Crippen molar-refractivity contribution in [3.63, 3.8) is 0 Å². The van der Waals surface area contributed by atoms with Gasteiger partial charge in [0.2, 0.25) is 9.84 Å². The molecule has 0 spiro atoms. The number of amides is 1. The number of nitrogens with two attached hydrogens (primary N) is 1. The summed E-state index contributed by atoms with van der Waals surface area (Å²) in [5, 5.41) is 11.3. The maximum Gasteiger partial charge on any atom is 0.294 e. The molecule has 43 heavy (non-hydrogen) atoms. The second-order valence-corrected chi connectivity index (χ2v) is 14.7. The molecule has 0 aliphatic heterocycles. The van der Waals surface area contributed by atoms with Crippen LogP contribution in [0.2, 0.25) is 0 Å².